The quantitative estimate of drug-likeness (QED) is 0.146. The van der Waals surface area contributed by atoms with Gasteiger partial charge in [0.05, 0.1) is 11.9 Å². The summed E-state index contributed by atoms with van der Waals surface area (Å²) in [7, 11) is 1.66. The number of hydrogen-bond acceptors (Lipinski definition) is 7. The lowest BCUT2D eigenvalue weighted by Crippen LogP contribution is -2.39. The van der Waals surface area contributed by atoms with Crippen LogP contribution in [0.5, 0.6) is 5.88 Å². The van der Waals surface area contributed by atoms with E-state index in [-0.39, 0.29) is 23.9 Å². The maximum atomic E-state index is 14.1. The van der Waals surface area contributed by atoms with Crippen molar-refractivity contribution < 1.29 is 19.0 Å². The normalized spacial score (nSPS) is 13.7. The number of piperidine rings is 1. The van der Waals surface area contributed by atoms with Crippen molar-refractivity contribution >= 4 is 35.4 Å². The Hall–Kier alpha value is -4.28. The number of pyridine rings is 1. The smallest absolute Gasteiger partial charge is 0.335 e. The molecule has 2 heterocycles. The van der Waals surface area contributed by atoms with Gasteiger partial charge in [-0.3, -0.25) is 15.7 Å². The molecule has 232 valence electrons. The first-order chi connectivity index (χ1) is 21.0. The lowest BCUT2D eigenvalue weighted by atomic mass is 9.93. The van der Waals surface area contributed by atoms with Crippen LogP contribution in [0.15, 0.2) is 66.9 Å². The molecule has 0 aliphatic carbocycles. The van der Waals surface area contributed by atoms with Crippen molar-refractivity contribution in [1.29, 1.82) is 10.8 Å². The molecule has 0 atom stereocenters. The number of carbonyl (C=O) groups is 1. The number of aromatic nitrogens is 1. The first-order valence-electron chi connectivity index (χ1n) is 14.4. The largest absolute Gasteiger partial charge is 0.478 e. The molecule has 4 rings (SSSR count). The number of nitrogens with zero attached hydrogens (tertiary/aromatic N) is 4. The van der Waals surface area contributed by atoms with Crippen molar-refractivity contribution in [3.63, 3.8) is 0 Å². The van der Waals surface area contributed by atoms with Crippen LogP contribution >= 0.6 is 11.6 Å². The third kappa shape index (κ3) is 8.42. The van der Waals surface area contributed by atoms with Crippen LogP contribution in [0.4, 0.5) is 10.1 Å². The Morgan fingerprint density at radius 1 is 1.23 bits per heavy atom. The van der Waals surface area contributed by atoms with E-state index < -0.39 is 11.8 Å². The molecule has 44 heavy (non-hydrogen) atoms. The summed E-state index contributed by atoms with van der Waals surface area (Å²) >= 11 is 5.85. The van der Waals surface area contributed by atoms with Crippen LogP contribution < -0.4 is 9.64 Å². The summed E-state index contributed by atoms with van der Waals surface area (Å²) < 4.78 is 19.9. The number of anilines is 1. The number of carboxylic acids is 1. The number of amidine groups is 1. The second-order valence-electron chi connectivity index (χ2n) is 10.9. The molecule has 1 fully saturated rings. The molecular weight excluding hydrogens is 583 g/mol. The first kappa shape index (κ1) is 32.6. The number of halogens is 2. The van der Waals surface area contributed by atoms with Crippen LogP contribution in [0.25, 0.3) is 0 Å². The van der Waals surface area contributed by atoms with E-state index in [4.69, 9.17) is 32.1 Å². The second kappa shape index (κ2) is 14.9. The molecule has 3 N–H and O–H groups in total. The van der Waals surface area contributed by atoms with E-state index in [1.807, 2.05) is 24.0 Å². The predicted octanol–water partition coefficient (Wildman–Crippen LogP) is 6.57. The highest BCUT2D eigenvalue weighted by Gasteiger charge is 2.24. The van der Waals surface area contributed by atoms with E-state index >= 15 is 0 Å². The topological polar surface area (TPSA) is 117 Å². The van der Waals surface area contributed by atoms with Gasteiger partial charge >= 0.3 is 5.97 Å². The molecule has 1 saturated heterocycles. The highest BCUT2D eigenvalue weighted by Crippen LogP contribution is 2.30. The Morgan fingerprint density at radius 2 is 1.98 bits per heavy atom. The van der Waals surface area contributed by atoms with Gasteiger partial charge in [0.1, 0.15) is 18.3 Å². The highest BCUT2D eigenvalue weighted by atomic mass is 35.5. The predicted molar refractivity (Wildman–Crippen MR) is 172 cm³/mol. The summed E-state index contributed by atoms with van der Waals surface area (Å²) in [5.41, 5.74) is 4.00. The van der Waals surface area contributed by atoms with E-state index in [9.17, 15) is 14.3 Å². The molecule has 1 aliphatic heterocycles. The molecule has 2 aromatic carbocycles. The molecule has 0 saturated carbocycles. The van der Waals surface area contributed by atoms with Crippen LogP contribution in [0.1, 0.15) is 52.4 Å². The van der Waals surface area contributed by atoms with Crippen LogP contribution in [0.2, 0.25) is 5.02 Å². The minimum Gasteiger partial charge on any atom is -0.478 e. The monoisotopic (exact) mass is 620 g/mol. The highest BCUT2D eigenvalue weighted by molar-refractivity contribution is 6.30. The van der Waals surface area contributed by atoms with E-state index in [1.165, 1.54) is 11.0 Å². The lowest BCUT2D eigenvalue weighted by Gasteiger charge is -2.36. The Balaban J connectivity index is 1.39. The second-order valence-corrected chi connectivity index (χ2v) is 11.4. The molecule has 0 amide bonds. The number of aryl methyl sites for hydroxylation is 1. The van der Waals surface area contributed by atoms with Gasteiger partial charge in [0.15, 0.2) is 0 Å². The molecule has 1 aliphatic rings. The number of ether oxygens (including phenoxy) is 1. The van der Waals surface area contributed by atoms with Crippen LogP contribution in [-0.4, -0.2) is 71.3 Å². The average molecular weight is 621 g/mol. The van der Waals surface area contributed by atoms with Crippen LogP contribution in [-0.2, 0) is 6.61 Å². The fraction of sp³-hybridized carbons (Fsp3) is 0.333. The summed E-state index contributed by atoms with van der Waals surface area (Å²) in [6, 6.07) is 15.2. The molecule has 0 radical (unpaired) electrons. The van der Waals surface area contributed by atoms with Crippen LogP contribution in [0, 0.1) is 23.6 Å². The molecule has 0 unspecified atom stereocenters. The summed E-state index contributed by atoms with van der Waals surface area (Å²) in [4.78, 5) is 22.2. The Labute approximate surface area is 262 Å². The van der Waals surface area contributed by atoms with E-state index in [2.05, 4.69) is 11.5 Å². The molecule has 3 aromatic rings. The first-order valence-corrected chi connectivity index (χ1v) is 14.8. The van der Waals surface area contributed by atoms with Gasteiger partial charge in [0, 0.05) is 66.2 Å². The zero-order valence-electron chi connectivity index (χ0n) is 25.0. The number of likely N-dealkylation sites (tertiary alicyclic amines) is 1. The minimum atomic E-state index is -1.00. The lowest BCUT2D eigenvalue weighted by molar-refractivity contribution is 0.0697. The van der Waals surface area contributed by atoms with Crippen molar-refractivity contribution in [2.45, 2.75) is 38.7 Å². The van der Waals surface area contributed by atoms with Crippen LogP contribution in [0.3, 0.4) is 0 Å². The fourth-order valence-corrected chi connectivity index (χ4v) is 5.37. The number of nitrogens with one attached hydrogen (secondary N) is 2. The van der Waals surface area contributed by atoms with Gasteiger partial charge in [-0.05, 0) is 68.8 Å². The van der Waals surface area contributed by atoms with Gasteiger partial charge in [-0.1, -0.05) is 36.4 Å². The number of carboxylic acid groups (broad SMARTS) is 1. The minimum absolute atomic E-state index is 0.0580. The molecule has 0 spiro atoms. The van der Waals surface area contributed by atoms with Gasteiger partial charge < -0.3 is 19.6 Å². The Kier molecular flexibility index (Phi) is 11.1. The van der Waals surface area contributed by atoms with E-state index in [1.54, 1.807) is 43.4 Å². The standard InChI is InChI=1S/C33H38ClFN6O3/c1-22-7-8-25(33(42)43)17-30(22)41(16-13-31(37)39(3)21-36)23(2)19-40-14-11-24(12-15-40)29-5-4-6-32(38-29)44-20-26-9-10-27(34)18-28(26)35/h4-10,17-18,21,24,36-37H,2,11-16,19-20H2,1,3H3,(H,42,43). The molecule has 0 bridgehead atoms. The van der Waals surface area contributed by atoms with Gasteiger partial charge in [0.2, 0.25) is 5.88 Å². The fourth-order valence-electron chi connectivity index (χ4n) is 5.21. The SMILES string of the molecule is C=C(CN1CCC(c2cccc(OCc3ccc(Cl)cc3F)n2)CC1)N(CCC(=N)N(C)C=N)c1cc(C(=O)O)ccc1C. The number of hydrogen-bond donors (Lipinski definition) is 3. The van der Waals surface area contributed by atoms with E-state index in [0.29, 0.717) is 36.0 Å². The van der Waals surface area contributed by atoms with Gasteiger partial charge in [-0.2, -0.15) is 0 Å². The number of aromatic carboxylic acids is 1. The summed E-state index contributed by atoms with van der Waals surface area (Å²) in [5.74, 6) is -0.444. The van der Waals surface area contributed by atoms with Gasteiger partial charge in [-0.15, -0.1) is 0 Å². The summed E-state index contributed by atoms with van der Waals surface area (Å²) in [6.45, 7) is 9.01. The van der Waals surface area contributed by atoms with Gasteiger partial charge in [-0.25, -0.2) is 14.2 Å². The third-order valence-corrected chi connectivity index (χ3v) is 8.10. The average Bonchev–Trinajstić information content (AvgIpc) is 3.01. The van der Waals surface area contributed by atoms with Crippen molar-refractivity contribution in [3.8, 4) is 5.88 Å². The van der Waals surface area contributed by atoms with E-state index in [0.717, 1.165) is 54.9 Å². The molecule has 1 aromatic heterocycles. The van der Waals surface area contributed by atoms with Crippen molar-refractivity contribution in [3.05, 3.63) is 100 Å². The van der Waals surface area contributed by atoms with Crippen molar-refractivity contribution in [2.24, 2.45) is 0 Å². The zero-order valence-corrected chi connectivity index (χ0v) is 25.8. The molecular formula is C33H38ClFN6O3. The maximum Gasteiger partial charge on any atom is 0.335 e. The third-order valence-electron chi connectivity index (χ3n) is 7.87. The molecule has 11 heteroatoms. The summed E-state index contributed by atoms with van der Waals surface area (Å²) in [5, 5.41) is 25.7. The molecule has 9 nitrogen and oxygen atoms in total. The zero-order chi connectivity index (χ0) is 31.8. The van der Waals surface area contributed by atoms with Crippen molar-refractivity contribution in [2.75, 3.05) is 38.1 Å². The Morgan fingerprint density at radius 3 is 2.66 bits per heavy atom. The van der Waals surface area contributed by atoms with Crippen molar-refractivity contribution in [1.82, 2.24) is 14.8 Å². The number of rotatable bonds is 13. The van der Waals surface area contributed by atoms with Gasteiger partial charge in [0.25, 0.3) is 0 Å². The Bertz CT molecular complexity index is 1530. The summed E-state index contributed by atoms with van der Waals surface area (Å²) in [6.07, 6.45) is 3.23. The maximum absolute atomic E-state index is 14.1. The number of benzene rings is 2.